The standard InChI is InChI=1S/C23H27BrClN3O4/c24-18-5-7-19(8-6-18)31-16-14-28-12-9-17(10-13-28)22(29)27-23(30)26-11-15-32-21-4-2-1-3-20(21)25/h1-8,17H,9-16H2,(H2,26,27,29,30). The van der Waals surface area contributed by atoms with Crippen LogP contribution in [-0.4, -0.2) is 56.2 Å². The third-order valence-electron chi connectivity index (χ3n) is 5.17. The van der Waals surface area contributed by atoms with Crippen LogP contribution in [0.3, 0.4) is 0 Å². The fourth-order valence-corrected chi connectivity index (χ4v) is 3.84. The average molecular weight is 525 g/mol. The van der Waals surface area contributed by atoms with E-state index >= 15 is 0 Å². The number of piperidine rings is 1. The number of rotatable bonds is 9. The van der Waals surface area contributed by atoms with E-state index < -0.39 is 6.03 Å². The van der Waals surface area contributed by atoms with Crippen molar-refractivity contribution < 1.29 is 19.1 Å². The lowest BCUT2D eigenvalue weighted by Crippen LogP contribution is -2.46. The van der Waals surface area contributed by atoms with Crippen molar-refractivity contribution in [1.82, 2.24) is 15.5 Å². The Bertz CT molecular complexity index is 889. The summed E-state index contributed by atoms with van der Waals surface area (Å²) in [5.41, 5.74) is 0. The van der Waals surface area contributed by atoms with Crippen molar-refractivity contribution in [2.75, 3.05) is 39.4 Å². The number of hydrogen-bond acceptors (Lipinski definition) is 5. The number of nitrogens with one attached hydrogen (secondary N) is 2. The number of imide groups is 1. The van der Waals surface area contributed by atoms with E-state index in [2.05, 4.69) is 31.5 Å². The summed E-state index contributed by atoms with van der Waals surface area (Å²) in [6, 6.07) is 14.4. The molecule has 9 heteroatoms. The van der Waals surface area contributed by atoms with Gasteiger partial charge in [-0.25, -0.2) is 4.79 Å². The number of para-hydroxylation sites is 1. The van der Waals surface area contributed by atoms with Gasteiger partial charge in [-0.05, 0) is 62.3 Å². The first kappa shape index (κ1) is 24.4. The van der Waals surface area contributed by atoms with Crippen molar-refractivity contribution in [2.45, 2.75) is 12.8 Å². The largest absolute Gasteiger partial charge is 0.492 e. The summed E-state index contributed by atoms with van der Waals surface area (Å²) >= 11 is 9.41. The molecule has 3 rings (SSSR count). The lowest BCUT2D eigenvalue weighted by Gasteiger charge is -2.30. The number of halogens is 2. The van der Waals surface area contributed by atoms with E-state index in [1.54, 1.807) is 12.1 Å². The third kappa shape index (κ3) is 8.00. The highest BCUT2D eigenvalue weighted by molar-refractivity contribution is 9.10. The fourth-order valence-electron chi connectivity index (χ4n) is 3.39. The van der Waals surface area contributed by atoms with Crippen molar-refractivity contribution in [2.24, 2.45) is 5.92 Å². The minimum atomic E-state index is -0.511. The van der Waals surface area contributed by atoms with Crippen LogP contribution < -0.4 is 20.1 Å². The fraction of sp³-hybridized carbons (Fsp3) is 0.391. The van der Waals surface area contributed by atoms with Gasteiger partial charge in [0, 0.05) is 16.9 Å². The zero-order valence-electron chi connectivity index (χ0n) is 17.7. The molecular formula is C23H27BrClN3O4. The molecule has 2 aromatic rings. The molecule has 7 nitrogen and oxygen atoms in total. The Hall–Kier alpha value is -2.29. The summed E-state index contributed by atoms with van der Waals surface area (Å²) in [6.07, 6.45) is 1.43. The Morgan fingerprint density at radius 2 is 1.75 bits per heavy atom. The molecule has 0 aromatic heterocycles. The number of urea groups is 1. The molecule has 2 aromatic carbocycles. The average Bonchev–Trinajstić information content (AvgIpc) is 2.79. The molecule has 1 aliphatic rings. The van der Waals surface area contributed by atoms with Gasteiger partial charge in [-0.2, -0.15) is 0 Å². The molecule has 32 heavy (non-hydrogen) atoms. The lowest BCUT2D eigenvalue weighted by molar-refractivity contribution is -0.125. The first-order chi connectivity index (χ1) is 15.5. The highest BCUT2D eigenvalue weighted by Crippen LogP contribution is 2.22. The van der Waals surface area contributed by atoms with Crippen LogP contribution in [0.1, 0.15) is 12.8 Å². The van der Waals surface area contributed by atoms with Crippen LogP contribution in [0.5, 0.6) is 11.5 Å². The van der Waals surface area contributed by atoms with Crippen LogP contribution >= 0.6 is 27.5 Å². The highest BCUT2D eigenvalue weighted by atomic mass is 79.9. The number of benzene rings is 2. The molecule has 1 saturated heterocycles. The molecule has 0 bridgehead atoms. The molecule has 3 amide bonds. The van der Waals surface area contributed by atoms with Gasteiger partial charge in [0.05, 0.1) is 11.6 Å². The van der Waals surface area contributed by atoms with Gasteiger partial charge in [-0.1, -0.05) is 39.7 Å². The van der Waals surface area contributed by atoms with Gasteiger partial charge >= 0.3 is 6.03 Å². The monoisotopic (exact) mass is 523 g/mol. The Balaban J connectivity index is 1.27. The summed E-state index contributed by atoms with van der Waals surface area (Å²) in [5, 5.41) is 5.57. The minimum Gasteiger partial charge on any atom is -0.492 e. The van der Waals surface area contributed by atoms with E-state index in [4.69, 9.17) is 21.1 Å². The Morgan fingerprint density at radius 3 is 2.47 bits per heavy atom. The SMILES string of the molecule is O=C(NCCOc1ccccc1Cl)NC(=O)C1CCN(CCOc2ccc(Br)cc2)CC1. The molecule has 1 fully saturated rings. The maximum atomic E-state index is 12.4. The van der Waals surface area contributed by atoms with Gasteiger partial charge in [0.1, 0.15) is 24.7 Å². The molecule has 0 radical (unpaired) electrons. The number of hydrogen-bond donors (Lipinski definition) is 2. The summed E-state index contributed by atoms with van der Waals surface area (Å²) in [6.45, 7) is 3.52. The first-order valence-corrected chi connectivity index (χ1v) is 11.7. The maximum Gasteiger partial charge on any atom is 0.321 e. The van der Waals surface area contributed by atoms with Crippen molar-refractivity contribution in [3.8, 4) is 11.5 Å². The zero-order chi connectivity index (χ0) is 22.8. The Morgan fingerprint density at radius 1 is 1.03 bits per heavy atom. The molecule has 172 valence electrons. The van der Waals surface area contributed by atoms with Crippen molar-refractivity contribution in [1.29, 1.82) is 0 Å². The molecule has 0 unspecified atom stereocenters. The van der Waals surface area contributed by atoms with Crippen LogP contribution in [0.15, 0.2) is 53.0 Å². The quantitative estimate of drug-likeness (QED) is 0.483. The molecule has 1 heterocycles. The van der Waals surface area contributed by atoms with Crippen LogP contribution in [0.2, 0.25) is 5.02 Å². The zero-order valence-corrected chi connectivity index (χ0v) is 20.0. The lowest BCUT2D eigenvalue weighted by atomic mass is 9.96. The summed E-state index contributed by atoms with van der Waals surface area (Å²) in [4.78, 5) is 26.6. The second-order valence-corrected chi connectivity index (χ2v) is 8.77. The van der Waals surface area contributed by atoms with E-state index in [9.17, 15) is 9.59 Å². The van der Waals surface area contributed by atoms with Crippen molar-refractivity contribution >= 4 is 39.5 Å². The van der Waals surface area contributed by atoms with Gasteiger partial charge < -0.3 is 14.8 Å². The molecular weight excluding hydrogens is 498 g/mol. The van der Waals surface area contributed by atoms with Crippen molar-refractivity contribution in [3.05, 3.63) is 58.0 Å². The van der Waals surface area contributed by atoms with E-state index in [0.717, 1.165) is 29.9 Å². The van der Waals surface area contributed by atoms with Crippen LogP contribution in [-0.2, 0) is 4.79 Å². The molecule has 0 aliphatic carbocycles. The topological polar surface area (TPSA) is 79.9 Å². The smallest absolute Gasteiger partial charge is 0.321 e. The van der Waals surface area contributed by atoms with Gasteiger partial charge in [-0.15, -0.1) is 0 Å². The number of carbonyl (C=O) groups excluding carboxylic acids is 2. The van der Waals surface area contributed by atoms with Gasteiger partial charge in [-0.3, -0.25) is 15.0 Å². The van der Waals surface area contributed by atoms with Gasteiger partial charge in [0.25, 0.3) is 0 Å². The minimum absolute atomic E-state index is 0.163. The maximum absolute atomic E-state index is 12.4. The summed E-state index contributed by atoms with van der Waals surface area (Å²) in [5.74, 6) is 0.997. The second kappa shape index (κ2) is 12.7. The van der Waals surface area contributed by atoms with Gasteiger partial charge in [0.2, 0.25) is 5.91 Å². The normalized spacial score (nSPS) is 14.6. The second-order valence-electron chi connectivity index (χ2n) is 7.44. The molecule has 0 spiro atoms. The predicted octanol–water partition coefficient (Wildman–Crippen LogP) is 4.10. The molecule has 0 saturated carbocycles. The summed E-state index contributed by atoms with van der Waals surface area (Å²) < 4.78 is 12.3. The van der Waals surface area contributed by atoms with Gasteiger partial charge in [0.15, 0.2) is 0 Å². The summed E-state index contributed by atoms with van der Waals surface area (Å²) in [7, 11) is 0. The van der Waals surface area contributed by atoms with Crippen LogP contribution in [0.4, 0.5) is 4.79 Å². The number of likely N-dealkylation sites (tertiary alicyclic amines) is 1. The Labute approximate surface area is 201 Å². The highest BCUT2D eigenvalue weighted by Gasteiger charge is 2.25. The van der Waals surface area contributed by atoms with E-state index in [0.29, 0.717) is 30.2 Å². The van der Waals surface area contributed by atoms with Crippen LogP contribution in [0, 0.1) is 5.92 Å². The molecule has 2 N–H and O–H groups in total. The molecule has 1 aliphatic heterocycles. The third-order valence-corrected chi connectivity index (χ3v) is 6.01. The predicted molar refractivity (Wildman–Crippen MR) is 127 cm³/mol. The van der Waals surface area contributed by atoms with E-state index in [-0.39, 0.29) is 25.0 Å². The van der Waals surface area contributed by atoms with Crippen LogP contribution in [0.25, 0.3) is 0 Å². The number of ether oxygens (including phenoxy) is 2. The number of carbonyl (C=O) groups is 2. The van der Waals surface area contributed by atoms with Crippen molar-refractivity contribution in [3.63, 3.8) is 0 Å². The first-order valence-electron chi connectivity index (χ1n) is 10.6. The number of amides is 3. The molecule has 0 atom stereocenters. The number of nitrogens with zero attached hydrogens (tertiary/aromatic N) is 1. The van der Waals surface area contributed by atoms with E-state index in [1.165, 1.54) is 0 Å². The van der Waals surface area contributed by atoms with E-state index in [1.807, 2.05) is 36.4 Å². The Kier molecular flexibility index (Phi) is 9.64.